The Bertz CT molecular complexity index is 704. The smallest absolute Gasteiger partial charge is 0.290 e. The lowest BCUT2D eigenvalue weighted by Crippen LogP contribution is -2.40. The minimum absolute atomic E-state index is 0.0869. The Kier molecular flexibility index (Phi) is 5.08. The lowest BCUT2D eigenvalue weighted by molar-refractivity contribution is -0.684. The van der Waals surface area contributed by atoms with Gasteiger partial charge >= 0.3 is 0 Å². The van der Waals surface area contributed by atoms with E-state index in [4.69, 9.17) is 5.73 Å². The highest BCUT2D eigenvalue weighted by molar-refractivity contribution is 9.11. The van der Waals surface area contributed by atoms with Crippen LogP contribution in [0.4, 0.5) is 5.69 Å². The summed E-state index contributed by atoms with van der Waals surface area (Å²) in [7, 11) is 0. The molecule has 0 unspecified atom stereocenters. The molecule has 0 aliphatic rings. The highest BCUT2D eigenvalue weighted by Crippen LogP contribution is 2.25. The van der Waals surface area contributed by atoms with Gasteiger partial charge in [0.1, 0.15) is 5.56 Å². The first-order valence-corrected chi connectivity index (χ1v) is 7.58. The van der Waals surface area contributed by atoms with Crippen LogP contribution in [0.5, 0.6) is 0 Å². The maximum absolute atomic E-state index is 12.0. The van der Waals surface area contributed by atoms with E-state index in [1.165, 1.54) is 0 Å². The third kappa shape index (κ3) is 4.37. The Morgan fingerprint density at radius 1 is 1.24 bits per heavy atom. The molecule has 0 saturated carbocycles. The summed E-state index contributed by atoms with van der Waals surface area (Å²) in [5, 5.41) is 2.79. The number of amides is 2. The van der Waals surface area contributed by atoms with Crippen molar-refractivity contribution in [1.82, 2.24) is 0 Å². The number of aromatic nitrogens is 1. The molecule has 108 valence electrons. The average Bonchev–Trinajstić information content (AvgIpc) is 2.42. The summed E-state index contributed by atoms with van der Waals surface area (Å²) in [5.74, 6) is -0.731. The summed E-state index contributed by atoms with van der Waals surface area (Å²) in [6.07, 6.45) is 3.24. The SMILES string of the molecule is NC(=O)c1ccc[n+](CC(=O)Nc2ccc(Br)cc2Br)c1. The van der Waals surface area contributed by atoms with E-state index in [2.05, 4.69) is 37.2 Å². The second kappa shape index (κ2) is 6.82. The normalized spacial score (nSPS) is 10.2. The highest BCUT2D eigenvalue weighted by Gasteiger charge is 2.13. The van der Waals surface area contributed by atoms with Crippen LogP contribution in [0.3, 0.4) is 0 Å². The number of anilines is 1. The van der Waals surface area contributed by atoms with Gasteiger partial charge in [-0.2, -0.15) is 4.57 Å². The molecule has 0 fully saturated rings. The van der Waals surface area contributed by atoms with Crippen LogP contribution in [0.1, 0.15) is 10.4 Å². The molecule has 3 N–H and O–H groups in total. The fourth-order valence-electron chi connectivity index (χ4n) is 1.71. The molecule has 0 aliphatic carbocycles. The number of carbonyl (C=O) groups excluding carboxylic acids is 2. The first-order valence-electron chi connectivity index (χ1n) is 5.99. The molecule has 2 amide bonds. The number of nitrogens with one attached hydrogen (secondary N) is 1. The van der Waals surface area contributed by atoms with Crippen molar-refractivity contribution in [2.24, 2.45) is 5.73 Å². The number of benzene rings is 1. The van der Waals surface area contributed by atoms with Crippen molar-refractivity contribution in [1.29, 1.82) is 0 Å². The van der Waals surface area contributed by atoms with Gasteiger partial charge in [-0.05, 0) is 40.2 Å². The van der Waals surface area contributed by atoms with E-state index in [0.29, 0.717) is 11.3 Å². The molecule has 7 heteroatoms. The van der Waals surface area contributed by atoms with Crippen molar-refractivity contribution < 1.29 is 14.2 Å². The molecule has 1 aromatic heterocycles. The van der Waals surface area contributed by atoms with Gasteiger partial charge in [-0.15, -0.1) is 0 Å². The van der Waals surface area contributed by atoms with Gasteiger partial charge in [0.25, 0.3) is 11.8 Å². The molecule has 2 rings (SSSR count). The maximum Gasteiger partial charge on any atom is 0.290 e. The van der Waals surface area contributed by atoms with Gasteiger partial charge in [0, 0.05) is 15.0 Å². The Hall–Kier alpha value is -1.73. The minimum atomic E-state index is -0.527. The van der Waals surface area contributed by atoms with E-state index in [1.54, 1.807) is 35.2 Å². The van der Waals surface area contributed by atoms with Crippen LogP contribution in [0.2, 0.25) is 0 Å². The summed E-state index contributed by atoms with van der Waals surface area (Å²) in [5.41, 5.74) is 6.24. The maximum atomic E-state index is 12.0. The standard InChI is InChI=1S/C14H11Br2N3O2/c15-10-3-4-12(11(16)6-10)18-13(20)8-19-5-1-2-9(7-19)14(17)21/h1-7H,8H2,(H2-,17,18,20,21)/p+1. The number of hydrogen-bond acceptors (Lipinski definition) is 2. The van der Waals surface area contributed by atoms with E-state index < -0.39 is 5.91 Å². The number of carbonyl (C=O) groups is 2. The van der Waals surface area contributed by atoms with Gasteiger partial charge < -0.3 is 11.1 Å². The quantitative estimate of drug-likeness (QED) is 0.754. The first kappa shape index (κ1) is 15.7. The molecule has 21 heavy (non-hydrogen) atoms. The van der Waals surface area contributed by atoms with Crippen LogP contribution >= 0.6 is 31.9 Å². The third-order valence-electron chi connectivity index (χ3n) is 2.67. The largest absolute Gasteiger partial charge is 0.365 e. The van der Waals surface area contributed by atoms with Crippen LogP contribution in [0.25, 0.3) is 0 Å². The minimum Gasteiger partial charge on any atom is -0.365 e. The molecule has 2 aromatic rings. The summed E-state index contributed by atoms with van der Waals surface area (Å²) in [4.78, 5) is 23.1. The molecule has 5 nitrogen and oxygen atoms in total. The molecule has 0 spiro atoms. The molecule has 1 aromatic carbocycles. The summed E-state index contributed by atoms with van der Waals surface area (Å²) in [6, 6.07) is 8.74. The lowest BCUT2D eigenvalue weighted by atomic mass is 10.2. The number of primary amides is 1. The number of rotatable bonds is 4. The molecule has 0 saturated heterocycles. The van der Waals surface area contributed by atoms with Crippen molar-refractivity contribution in [3.63, 3.8) is 0 Å². The molecule has 0 aliphatic heterocycles. The van der Waals surface area contributed by atoms with Gasteiger partial charge in [0.15, 0.2) is 12.4 Å². The number of nitrogens with two attached hydrogens (primary N) is 1. The Balaban J connectivity index is 2.08. The highest BCUT2D eigenvalue weighted by atomic mass is 79.9. The predicted molar refractivity (Wildman–Crippen MR) is 85.6 cm³/mol. The van der Waals surface area contributed by atoms with Crippen LogP contribution in [0.15, 0.2) is 51.7 Å². The van der Waals surface area contributed by atoms with Gasteiger partial charge in [0.2, 0.25) is 6.54 Å². The zero-order valence-electron chi connectivity index (χ0n) is 10.8. The molecule has 0 atom stereocenters. The van der Waals surface area contributed by atoms with Gasteiger partial charge in [-0.25, -0.2) is 0 Å². The van der Waals surface area contributed by atoms with Crippen molar-refractivity contribution in [3.05, 3.63) is 57.2 Å². The van der Waals surface area contributed by atoms with E-state index in [1.807, 2.05) is 12.1 Å². The number of hydrogen-bond donors (Lipinski definition) is 2. The van der Waals surface area contributed by atoms with Crippen LogP contribution < -0.4 is 15.6 Å². The second-order valence-electron chi connectivity index (χ2n) is 4.30. The van der Waals surface area contributed by atoms with Gasteiger partial charge in [-0.1, -0.05) is 15.9 Å². The molecule has 1 heterocycles. The molecule has 0 radical (unpaired) electrons. The fraction of sp³-hybridized carbons (Fsp3) is 0.0714. The molecular formula is C14H12Br2N3O2+. The first-order chi connectivity index (χ1) is 9.95. The topological polar surface area (TPSA) is 76.1 Å². The number of halogens is 2. The van der Waals surface area contributed by atoms with Crippen LogP contribution in [-0.2, 0) is 11.3 Å². The van der Waals surface area contributed by atoms with E-state index in [0.717, 1.165) is 8.95 Å². The van der Waals surface area contributed by atoms with Gasteiger partial charge in [0.05, 0.1) is 5.69 Å². The van der Waals surface area contributed by atoms with Crippen LogP contribution in [0, 0.1) is 0 Å². The third-order valence-corrected chi connectivity index (χ3v) is 3.82. The van der Waals surface area contributed by atoms with Crippen molar-refractivity contribution in [3.8, 4) is 0 Å². The zero-order chi connectivity index (χ0) is 15.4. The summed E-state index contributed by atoms with van der Waals surface area (Å²) < 4.78 is 3.29. The monoisotopic (exact) mass is 412 g/mol. The average molecular weight is 414 g/mol. The van der Waals surface area contributed by atoms with E-state index in [-0.39, 0.29) is 12.5 Å². The summed E-state index contributed by atoms with van der Waals surface area (Å²) >= 11 is 6.73. The van der Waals surface area contributed by atoms with Crippen LogP contribution in [-0.4, -0.2) is 11.8 Å². The number of pyridine rings is 1. The van der Waals surface area contributed by atoms with Crippen molar-refractivity contribution in [2.75, 3.05) is 5.32 Å². The second-order valence-corrected chi connectivity index (χ2v) is 6.07. The Labute approximate surface area is 138 Å². The Morgan fingerprint density at radius 3 is 2.67 bits per heavy atom. The van der Waals surface area contributed by atoms with E-state index >= 15 is 0 Å². The summed E-state index contributed by atoms with van der Waals surface area (Å²) in [6.45, 7) is 0.0869. The lowest BCUT2D eigenvalue weighted by Gasteiger charge is -2.06. The predicted octanol–water partition coefficient (Wildman–Crippen LogP) is 2.24. The van der Waals surface area contributed by atoms with Gasteiger partial charge in [-0.3, -0.25) is 9.59 Å². The fourth-order valence-corrected chi connectivity index (χ4v) is 2.86. The van der Waals surface area contributed by atoms with Crippen molar-refractivity contribution >= 4 is 49.4 Å². The van der Waals surface area contributed by atoms with E-state index in [9.17, 15) is 9.59 Å². The van der Waals surface area contributed by atoms with Crippen molar-refractivity contribution in [2.45, 2.75) is 6.54 Å². The zero-order valence-corrected chi connectivity index (χ0v) is 14.0. The Morgan fingerprint density at radius 2 is 2.00 bits per heavy atom. The molecular weight excluding hydrogens is 402 g/mol. The number of nitrogens with zero attached hydrogens (tertiary/aromatic N) is 1. The molecule has 0 bridgehead atoms.